The minimum atomic E-state index is -0.311. The van der Waals surface area contributed by atoms with Gasteiger partial charge in [0.05, 0.1) is 14.2 Å². The number of benzene rings is 1. The van der Waals surface area contributed by atoms with Gasteiger partial charge in [-0.25, -0.2) is 0 Å². The molecule has 0 aliphatic rings. The van der Waals surface area contributed by atoms with Gasteiger partial charge in [0.1, 0.15) is 5.75 Å². The van der Waals surface area contributed by atoms with E-state index < -0.39 is 0 Å². The number of anilines is 1. The molecule has 2 amide bonds. The van der Waals surface area contributed by atoms with Crippen LogP contribution >= 0.6 is 11.3 Å². The quantitative estimate of drug-likeness (QED) is 0.610. The number of likely N-dealkylation sites (N-methyl/N-ethyl adjacent to an activating group) is 1. The number of rotatable bonds is 9. The molecule has 0 aliphatic carbocycles. The molecule has 26 heavy (non-hydrogen) atoms. The van der Waals surface area contributed by atoms with Gasteiger partial charge < -0.3 is 20.3 Å². The molecule has 3 N–H and O–H groups in total. The van der Waals surface area contributed by atoms with Crippen LogP contribution in [0.25, 0.3) is 0 Å². The van der Waals surface area contributed by atoms with Crippen molar-refractivity contribution >= 4 is 28.8 Å². The lowest BCUT2D eigenvalue weighted by Crippen LogP contribution is -3.15. The van der Waals surface area contributed by atoms with E-state index in [0.29, 0.717) is 18.0 Å². The van der Waals surface area contributed by atoms with Crippen LogP contribution in [0.5, 0.6) is 5.75 Å². The van der Waals surface area contributed by atoms with Crippen LogP contribution in [0.15, 0.2) is 41.8 Å². The Bertz CT molecular complexity index is 719. The van der Waals surface area contributed by atoms with Crippen LogP contribution < -0.4 is 20.3 Å². The molecule has 1 heterocycles. The normalized spacial score (nSPS) is 12.9. The Morgan fingerprint density at radius 3 is 2.77 bits per heavy atom. The summed E-state index contributed by atoms with van der Waals surface area (Å²) >= 11 is 1.68. The monoisotopic (exact) mass is 376 g/mol. The smallest absolute Gasteiger partial charge is 0.279 e. The van der Waals surface area contributed by atoms with Crippen LogP contribution in [-0.2, 0) is 16.0 Å². The number of ether oxygens (including phenoxy) is 1. The van der Waals surface area contributed by atoms with Crippen molar-refractivity contribution < 1.29 is 19.2 Å². The van der Waals surface area contributed by atoms with E-state index >= 15 is 0 Å². The minimum absolute atomic E-state index is 0.0479. The first kappa shape index (κ1) is 19.9. The van der Waals surface area contributed by atoms with E-state index in [1.54, 1.807) is 30.6 Å². The predicted octanol–water partition coefficient (Wildman–Crippen LogP) is 0.957. The summed E-state index contributed by atoms with van der Waals surface area (Å²) in [5.41, 5.74) is 0.676. The summed E-state index contributed by atoms with van der Waals surface area (Å²) in [6, 6.07) is 10.9. The molecule has 1 unspecified atom stereocenters. The van der Waals surface area contributed by atoms with Gasteiger partial charge in [0.15, 0.2) is 12.6 Å². The molecule has 0 saturated carbocycles. The third-order valence-corrected chi connectivity index (χ3v) is 5.11. The maximum Gasteiger partial charge on any atom is 0.279 e. The lowest BCUT2D eigenvalue weighted by molar-refractivity contribution is -0.885. The third kappa shape index (κ3) is 6.16. The fourth-order valence-corrected chi connectivity index (χ4v) is 3.16. The van der Waals surface area contributed by atoms with Crippen molar-refractivity contribution in [1.29, 1.82) is 0 Å². The number of quaternary nitrogens is 1. The van der Waals surface area contributed by atoms with Gasteiger partial charge in [-0.1, -0.05) is 12.1 Å². The van der Waals surface area contributed by atoms with Gasteiger partial charge in [-0.3, -0.25) is 9.59 Å². The summed E-state index contributed by atoms with van der Waals surface area (Å²) in [6.07, 6.45) is 0.825. The van der Waals surface area contributed by atoms with Gasteiger partial charge in [-0.2, -0.15) is 0 Å². The van der Waals surface area contributed by atoms with Gasteiger partial charge in [0.2, 0.25) is 0 Å². The zero-order chi connectivity index (χ0) is 18.9. The Balaban J connectivity index is 1.76. The third-order valence-electron chi connectivity index (χ3n) is 4.18. The second kappa shape index (κ2) is 9.94. The van der Waals surface area contributed by atoms with E-state index in [9.17, 15) is 9.59 Å². The van der Waals surface area contributed by atoms with Crippen LogP contribution in [0.1, 0.15) is 11.8 Å². The van der Waals surface area contributed by atoms with Crippen LogP contribution in [0.4, 0.5) is 5.69 Å². The van der Waals surface area contributed by atoms with E-state index in [1.165, 1.54) is 4.88 Å². The summed E-state index contributed by atoms with van der Waals surface area (Å²) in [6.45, 7) is 2.64. The molecule has 0 bridgehead atoms. The Morgan fingerprint density at radius 1 is 1.27 bits per heavy atom. The first-order valence-corrected chi connectivity index (χ1v) is 9.44. The minimum Gasteiger partial charge on any atom is -0.497 e. The Morgan fingerprint density at radius 2 is 2.08 bits per heavy atom. The zero-order valence-corrected chi connectivity index (χ0v) is 16.2. The zero-order valence-electron chi connectivity index (χ0n) is 15.4. The molecule has 6 nitrogen and oxygen atoms in total. The Labute approximate surface area is 158 Å². The average molecular weight is 377 g/mol. The number of hydrogen-bond acceptors (Lipinski definition) is 4. The topological polar surface area (TPSA) is 71.9 Å². The Hall–Kier alpha value is -2.38. The van der Waals surface area contributed by atoms with E-state index in [-0.39, 0.29) is 24.4 Å². The molecule has 0 fully saturated rings. The molecule has 0 spiro atoms. The van der Waals surface area contributed by atoms with Crippen LogP contribution in [0.3, 0.4) is 0 Å². The highest BCUT2D eigenvalue weighted by atomic mass is 32.1. The molecule has 2 atom stereocenters. The fourth-order valence-electron chi connectivity index (χ4n) is 2.45. The van der Waals surface area contributed by atoms with Crippen molar-refractivity contribution in [1.82, 2.24) is 5.32 Å². The molecular weight excluding hydrogens is 350 g/mol. The summed E-state index contributed by atoms with van der Waals surface area (Å²) < 4.78 is 5.14. The van der Waals surface area contributed by atoms with Crippen molar-refractivity contribution in [2.45, 2.75) is 19.4 Å². The summed E-state index contributed by atoms with van der Waals surface area (Å²) in [5, 5.41) is 7.80. The number of carbonyl (C=O) groups excluding carboxylic acids is 2. The molecule has 0 radical (unpaired) electrons. The van der Waals surface area contributed by atoms with Crippen LogP contribution in [-0.4, -0.2) is 45.1 Å². The number of hydrogen-bond donors (Lipinski definition) is 3. The number of nitrogens with one attached hydrogen (secondary N) is 3. The molecule has 1 aromatic heterocycles. The first-order valence-electron chi connectivity index (χ1n) is 8.56. The van der Waals surface area contributed by atoms with E-state index in [2.05, 4.69) is 16.7 Å². The molecule has 2 aromatic rings. The molecule has 1 aromatic carbocycles. The van der Waals surface area contributed by atoms with Gasteiger partial charge in [0.25, 0.3) is 11.8 Å². The van der Waals surface area contributed by atoms with Crippen molar-refractivity contribution in [2.24, 2.45) is 0 Å². The molecule has 0 aliphatic heterocycles. The molecule has 7 heteroatoms. The van der Waals surface area contributed by atoms with E-state index in [4.69, 9.17) is 4.74 Å². The number of carbonyl (C=O) groups is 2. The first-order chi connectivity index (χ1) is 12.5. The van der Waals surface area contributed by atoms with Crippen LogP contribution in [0.2, 0.25) is 0 Å². The SMILES string of the molecule is COc1cccc(NC(=O)C[NH+](C)[C@@H](C)C(=O)NCCc2cccs2)c1. The van der Waals surface area contributed by atoms with E-state index in [0.717, 1.165) is 11.3 Å². The lowest BCUT2D eigenvalue weighted by Gasteiger charge is -2.20. The predicted molar refractivity (Wildman–Crippen MR) is 104 cm³/mol. The molecule has 140 valence electrons. The molecule has 2 rings (SSSR count). The molecular formula is C19H26N3O3S+. The second-order valence-electron chi connectivity index (χ2n) is 6.15. The van der Waals surface area contributed by atoms with Gasteiger partial charge in [-0.05, 0) is 36.9 Å². The number of amides is 2. The largest absolute Gasteiger partial charge is 0.497 e. The second-order valence-corrected chi connectivity index (χ2v) is 7.18. The lowest BCUT2D eigenvalue weighted by atomic mass is 10.2. The highest BCUT2D eigenvalue weighted by molar-refractivity contribution is 7.09. The van der Waals surface area contributed by atoms with Gasteiger partial charge >= 0.3 is 0 Å². The maximum absolute atomic E-state index is 12.3. The average Bonchev–Trinajstić information content (AvgIpc) is 3.14. The van der Waals surface area contributed by atoms with Crippen molar-refractivity contribution in [3.05, 3.63) is 46.7 Å². The Kier molecular flexibility index (Phi) is 7.62. The van der Waals surface area contributed by atoms with Gasteiger partial charge in [0, 0.05) is 23.2 Å². The maximum atomic E-state index is 12.3. The van der Waals surface area contributed by atoms with Crippen molar-refractivity contribution in [2.75, 3.05) is 32.6 Å². The highest BCUT2D eigenvalue weighted by Crippen LogP contribution is 2.16. The van der Waals surface area contributed by atoms with E-state index in [1.807, 2.05) is 37.6 Å². The van der Waals surface area contributed by atoms with Crippen molar-refractivity contribution in [3.63, 3.8) is 0 Å². The van der Waals surface area contributed by atoms with Gasteiger partial charge in [-0.15, -0.1) is 11.3 Å². The number of thiophene rings is 1. The highest BCUT2D eigenvalue weighted by Gasteiger charge is 2.23. The van der Waals surface area contributed by atoms with Crippen LogP contribution in [0, 0.1) is 0 Å². The molecule has 0 saturated heterocycles. The summed E-state index contributed by atoms with van der Waals surface area (Å²) in [5.74, 6) is 0.490. The number of methoxy groups -OCH3 is 1. The standard InChI is InChI=1S/C19H25N3O3S/c1-14(19(24)20-10-9-17-8-5-11-26-17)22(2)13-18(23)21-15-6-4-7-16(12-15)25-3/h4-8,11-12,14H,9-10,13H2,1-3H3,(H,20,24)(H,21,23)/p+1/t14-/m0/s1. The summed E-state index contributed by atoms with van der Waals surface area (Å²) in [7, 11) is 3.42. The fraction of sp³-hybridized carbons (Fsp3) is 0.368. The van der Waals surface area contributed by atoms with Crippen molar-refractivity contribution in [3.8, 4) is 5.75 Å². The summed E-state index contributed by atoms with van der Waals surface area (Å²) in [4.78, 5) is 26.6.